The van der Waals surface area contributed by atoms with Gasteiger partial charge in [0.1, 0.15) is 5.82 Å². The number of aryl methyl sites for hydroxylation is 2. The largest absolute Gasteiger partial charge is 0.279 e. The van der Waals surface area contributed by atoms with E-state index in [1.54, 1.807) is 12.1 Å². The van der Waals surface area contributed by atoms with Crippen LogP contribution in [0.25, 0.3) is 0 Å². The Morgan fingerprint density at radius 3 is 2.58 bits per heavy atom. The number of hydrogen-bond donors (Lipinski definition) is 2. The Kier molecular flexibility index (Phi) is 5.25. The van der Waals surface area contributed by atoms with E-state index in [0.29, 0.717) is 10.4 Å². The molecule has 1 aliphatic carbocycles. The van der Waals surface area contributed by atoms with Crippen LogP contribution in [0.5, 0.6) is 0 Å². The summed E-state index contributed by atoms with van der Waals surface area (Å²) >= 11 is 1.51. The molecule has 0 saturated heterocycles. The van der Waals surface area contributed by atoms with Crippen LogP contribution in [0.15, 0.2) is 30.3 Å². The Morgan fingerprint density at radius 2 is 1.79 bits per heavy atom. The van der Waals surface area contributed by atoms with Crippen molar-refractivity contribution >= 4 is 23.2 Å². The van der Waals surface area contributed by atoms with E-state index < -0.39 is 0 Å². The van der Waals surface area contributed by atoms with Crippen LogP contribution >= 0.6 is 11.3 Å². The molecule has 0 radical (unpaired) electrons. The van der Waals surface area contributed by atoms with Gasteiger partial charge >= 0.3 is 0 Å². The highest BCUT2D eigenvalue weighted by Crippen LogP contribution is 2.28. The highest BCUT2D eigenvalue weighted by molar-refractivity contribution is 7.14. The lowest BCUT2D eigenvalue weighted by molar-refractivity contribution is -0.121. The lowest BCUT2D eigenvalue weighted by atomic mass is 10.1. The quantitative estimate of drug-likeness (QED) is 0.662. The Balaban J connectivity index is 1.53. The van der Waals surface area contributed by atoms with Gasteiger partial charge in [-0.25, -0.2) is 4.39 Å². The monoisotopic (exact) mass is 346 g/mol. The predicted octanol–water partition coefficient (Wildman–Crippen LogP) is 3.16. The smallest absolute Gasteiger partial charge is 0.273 e. The summed E-state index contributed by atoms with van der Waals surface area (Å²) in [4.78, 5) is 26.0. The highest BCUT2D eigenvalue weighted by Gasteiger charge is 2.16. The molecule has 126 valence electrons. The maximum atomic E-state index is 12.8. The van der Waals surface area contributed by atoms with Crippen molar-refractivity contribution in [3.8, 4) is 0 Å². The Bertz CT molecular complexity index is 716. The predicted molar refractivity (Wildman–Crippen MR) is 91.3 cm³/mol. The minimum atomic E-state index is -0.343. The number of amides is 2. The molecule has 0 bridgehead atoms. The van der Waals surface area contributed by atoms with Crippen molar-refractivity contribution in [2.24, 2.45) is 0 Å². The molecule has 0 unspecified atom stereocenters. The van der Waals surface area contributed by atoms with Crippen molar-refractivity contribution in [3.05, 3.63) is 57.0 Å². The van der Waals surface area contributed by atoms with Gasteiger partial charge in [0.2, 0.25) is 5.91 Å². The van der Waals surface area contributed by atoms with Gasteiger partial charge in [-0.05, 0) is 55.0 Å². The second kappa shape index (κ2) is 7.57. The molecule has 0 spiro atoms. The van der Waals surface area contributed by atoms with Crippen LogP contribution in [0.4, 0.5) is 4.39 Å². The first-order valence-electron chi connectivity index (χ1n) is 8.07. The van der Waals surface area contributed by atoms with Crippen LogP contribution in [0.3, 0.4) is 0 Å². The molecule has 1 aromatic carbocycles. The van der Waals surface area contributed by atoms with Crippen molar-refractivity contribution in [1.29, 1.82) is 0 Å². The summed E-state index contributed by atoms with van der Waals surface area (Å²) in [7, 11) is 0. The van der Waals surface area contributed by atoms with Crippen LogP contribution in [0, 0.1) is 5.82 Å². The summed E-state index contributed by atoms with van der Waals surface area (Å²) in [6, 6.07) is 7.65. The van der Waals surface area contributed by atoms with Crippen LogP contribution in [0.1, 0.15) is 44.9 Å². The second-order valence-corrected chi connectivity index (χ2v) is 7.06. The van der Waals surface area contributed by atoms with E-state index in [1.807, 2.05) is 6.07 Å². The molecule has 0 fully saturated rings. The zero-order valence-corrected chi connectivity index (χ0v) is 14.0. The Morgan fingerprint density at radius 1 is 1.04 bits per heavy atom. The van der Waals surface area contributed by atoms with E-state index in [1.165, 1.54) is 53.2 Å². The van der Waals surface area contributed by atoms with E-state index in [-0.39, 0.29) is 24.1 Å². The summed E-state index contributed by atoms with van der Waals surface area (Å²) in [6.45, 7) is 0. The minimum absolute atomic E-state index is 0.0848. The van der Waals surface area contributed by atoms with Gasteiger partial charge in [0.25, 0.3) is 5.91 Å². The first kappa shape index (κ1) is 16.6. The van der Waals surface area contributed by atoms with E-state index in [0.717, 1.165) is 12.8 Å². The average Bonchev–Trinajstić information content (AvgIpc) is 2.86. The highest BCUT2D eigenvalue weighted by atomic mass is 32.1. The molecular weight excluding hydrogens is 327 g/mol. The lowest BCUT2D eigenvalue weighted by Crippen LogP contribution is -2.42. The Hall–Kier alpha value is -2.21. The third kappa shape index (κ3) is 4.20. The van der Waals surface area contributed by atoms with Crippen molar-refractivity contribution < 1.29 is 14.0 Å². The van der Waals surface area contributed by atoms with Crippen molar-refractivity contribution in [2.75, 3.05) is 0 Å². The molecule has 1 heterocycles. The zero-order chi connectivity index (χ0) is 16.9. The van der Waals surface area contributed by atoms with Gasteiger partial charge in [0.05, 0.1) is 11.3 Å². The van der Waals surface area contributed by atoms with E-state index in [2.05, 4.69) is 10.9 Å². The summed E-state index contributed by atoms with van der Waals surface area (Å²) in [5.41, 5.74) is 6.81. The zero-order valence-electron chi connectivity index (χ0n) is 13.2. The molecule has 2 N–H and O–H groups in total. The third-order valence-electron chi connectivity index (χ3n) is 4.06. The number of hydrazine groups is 1. The molecule has 6 heteroatoms. The maximum Gasteiger partial charge on any atom is 0.279 e. The van der Waals surface area contributed by atoms with Gasteiger partial charge in [0, 0.05) is 4.88 Å². The van der Waals surface area contributed by atoms with Crippen LogP contribution in [-0.4, -0.2) is 11.8 Å². The van der Waals surface area contributed by atoms with Crippen LogP contribution in [0.2, 0.25) is 0 Å². The molecule has 1 aromatic heterocycles. The standard InChI is InChI=1S/C18H19FN2O2S/c19-14-8-6-12(7-9-14)10-17(22)20-21-18(23)16-11-13-4-2-1-3-5-15(13)24-16/h6-9,11H,1-5,10H2,(H,20,22)(H,21,23). The number of rotatable bonds is 3. The fourth-order valence-electron chi connectivity index (χ4n) is 2.80. The summed E-state index contributed by atoms with van der Waals surface area (Å²) < 4.78 is 12.8. The maximum absolute atomic E-state index is 12.8. The SMILES string of the molecule is O=C(Cc1ccc(F)cc1)NNC(=O)c1cc2c(s1)CCCCC2. The second-order valence-electron chi connectivity index (χ2n) is 5.93. The van der Waals surface area contributed by atoms with Gasteiger partial charge in [-0.3, -0.25) is 20.4 Å². The summed E-state index contributed by atoms with van der Waals surface area (Å²) in [6.07, 6.45) is 5.71. The minimum Gasteiger partial charge on any atom is -0.273 e. The van der Waals surface area contributed by atoms with Gasteiger partial charge in [-0.1, -0.05) is 18.6 Å². The molecule has 0 saturated carbocycles. The van der Waals surface area contributed by atoms with E-state index in [9.17, 15) is 14.0 Å². The number of fused-ring (bicyclic) bond motifs is 1. The van der Waals surface area contributed by atoms with Crippen molar-refractivity contribution in [1.82, 2.24) is 10.9 Å². The molecule has 2 aromatic rings. The number of halogens is 1. The Labute approximate surface area is 144 Å². The van der Waals surface area contributed by atoms with Gasteiger partial charge in [-0.2, -0.15) is 0 Å². The van der Waals surface area contributed by atoms with Crippen molar-refractivity contribution in [2.45, 2.75) is 38.5 Å². The molecule has 2 amide bonds. The topological polar surface area (TPSA) is 58.2 Å². The molecule has 24 heavy (non-hydrogen) atoms. The van der Waals surface area contributed by atoms with Gasteiger partial charge in [0.15, 0.2) is 0 Å². The third-order valence-corrected chi connectivity index (χ3v) is 5.30. The number of benzene rings is 1. The van der Waals surface area contributed by atoms with E-state index in [4.69, 9.17) is 0 Å². The lowest BCUT2D eigenvalue weighted by Gasteiger charge is -2.06. The normalized spacial score (nSPS) is 13.7. The summed E-state index contributed by atoms with van der Waals surface area (Å²) in [5, 5.41) is 0. The van der Waals surface area contributed by atoms with Crippen molar-refractivity contribution in [3.63, 3.8) is 0 Å². The van der Waals surface area contributed by atoms with Crippen LogP contribution < -0.4 is 10.9 Å². The molecule has 3 rings (SSSR count). The molecule has 4 nitrogen and oxygen atoms in total. The van der Waals surface area contributed by atoms with Gasteiger partial charge in [-0.15, -0.1) is 11.3 Å². The van der Waals surface area contributed by atoms with E-state index >= 15 is 0 Å². The first-order valence-corrected chi connectivity index (χ1v) is 8.88. The van der Waals surface area contributed by atoms with Gasteiger partial charge < -0.3 is 0 Å². The number of carbonyl (C=O) groups excluding carboxylic acids is 2. The molecule has 0 atom stereocenters. The summed E-state index contributed by atoms with van der Waals surface area (Å²) in [5.74, 6) is -0.974. The number of thiophene rings is 1. The number of hydrogen-bond acceptors (Lipinski definition) is 3. The van der Waals surface area contributed by atoms with Crippen LogP contribution in [-0.2, 0) is 24.1 Å². The fourth-order valence-corrected chi connectivity index (χ4v) is 3.95. The average molecular weight is 346 g/mol. The molecule has 1 aliphatic rings. The fraction of sp³-hybridized carbons (Fsp3) is 0.333. The number of carbonyl (C=O) groups is 2. The number of nitrogens with one attached hydrogen (secondary N) is 2. The first-order chi connectivity index (χ1) is 11.6. The molecular formula is C18H19FN2O2S. The molecule has 0 aliphatic heterocycles.